The van der Waals surface area contributed by atoms with Gasteiger partial charge in [-0.15, -0.1) is 0 Å². The van der Waals surface area contributed by atoms with Gasteiger partial charge in [0.2, 0.25) is 0 Å². The highest BCUT2D eigenvalue weighted by Gasteiger charge is 2.04. The van der Waals surface area contributed by atoms with Crippen molar-refractivity contribution in [2.45, 2.75) is 6.92 Å². The molecule has 0 saturated carbocycles. The van der Waals surface area contributed by atoms with Gasteiger partial charge < -0.3 is 4.74 Å². The number of Topliss-reactive ketones (excluding diaryl/α,β-unsaturated/α-hetero) is 1. The zero-order valence-corrected chi connectivity index (χ0v) is 6.86. The Morgan fingerprint density at radius 1 is 1.58 bits per heavy atom. The molecule has 0 fully saturated rings. The minimum absolute atomic E-state index is 0.0632. The van der Waals surface area contributed by atoms with E-state index in [1.165, 1.54) is 12.4 Å². The lowest BCUT2D eigenvalue weighted by molar-refractivity contribution is 0.0783. The lowest BCUT2D eigenvalue weighted by Crippen LogP contribution is -2.09. The molecule has 0 aliphatic carbocycles. The van der Waals surface area contributed by atoms with E-state index in [0.717, 1.165) is 0 Å². The van der Waals surface area contributed by atoms with Crippen LogP contribution in [0.3, 0.4) is 0 Å². The molecule has 4 nitrogen and oxygen atoms in total. The Hall–Kier alpha value is -1.29. The van der Waals surface area contributed by atoms with Crippen molar-refractivity contribution in [3.8, 4) is 0 Å². The second-order valence-electron chi connectivity index (χ2n) is 2.19. The van der Waals surface area contributed by atoms with Crippen LogP contribution in [0, 0.1) is 0 Å². The first kappa shape index (κ1) is 8.80. The SMILES string of the molecule is CCOCC(=O)c1ccnnc1. The number of nitrogens with zero attached hydrogens (tertiary/aromatic N) is 2. The van der Waals surface area contributed by atoms with Crippen molar-refractivity contribution in [2.24, 2.45) is 0 Å². The average molecular weight is 166 g/mol. The molecule has 0 aromatic carbocycles. The van der Waals surface area contributed by atoms with Gasteiger partial charge in [0.1, 0.15) is 6.61 Å². The summed E-state index contributed by atoms with van der Waals surface area (Å²) in [6, 6.07) is 1.62. The van der Waals surface area contributed by atoms with Crippen LogP contribution in [0.4, 0.5) is 0 Å². The molecule has 64 valence electrons. The van der Waals surface area contributed by atoms with Crippen molar-refractivity contribution in [1.29, 1.82) is 0 Å². The van der Waals surface area contributed by atoms with E-state index < -0.39 is 0 Å². The van der Waals surface area contributed by atoms with Gasteiger partial charge in [-0.05, 0) is 13.0 Å². The number of ketones is 1. The van der Waals surface area contributed by atoms with Gasteiger partial charge in [-0.1, -0.05) is 0 Å². The van der Waals surface area contributed by atoms with E-state index >= 15 is 0 Å². The van der Waals surface area contributed by atoms with E-state index in [-0.39, 0.29) is 12.4 Å². The third-order valence-corrected chi connectivity index (χ3v) is 1.34. The molecule has 0 amide bonds. The number of hydrogen-bond acceptors (Lipinski definition) is 4. The Labute approximate surface area is 70.6 Å². The Kier molecular flexibility index (Phi) is 3.35. The zero-order chi connectivity index (χ0) is 8.81. The summed E-state index contributed by atoms with van der Waals surface area (Å²) in [7, 11) is 0. The summed E-state index contributed by atoms with van der Waals surface area (Å²) in [6.07, 6.45) is 2.92. The van der Waals surface area contributed by atoms with Gasteiger partial charge in [-0.3, -0.25) is 4.79 Å². The standard InChI is InChI=1S/C8H10N2O2/c1-2-12-6-8(11)7-3-4-9-10-5-7/h3-5H,2,6H2,1H3. The van der Waals surface area contributed by atoms with Crippen LogP contribution in [0.1, 0.15) is 17.3 Å². The van der Waals surface area contributed by atoms with E-state index in [1.807, 2.05) is 6.92 Å². The van der Waals surface area contributed by atoms with Gasteiger partial charge in [0.15, 0.2) is 5.78 Å². The van der Waals surface area contributed by atoms with Crippen LogP contribution in [-0.2, 0) is 4.74 Å². The van der Waals surface area contributed by atoms with Crippen molar-refractivity contribution in [1.82, 2.24) is 10.2 Å². The minimum atomic E-state index is -0.0632. The van der Waals surface area contributed by atoms with E-state index in [1.54, 1.807) is 6.07 Å². The summed E-state index contributed by atoms with van der Waals surface area (Å²) >= 11 is 0. The first-order chi connectivity index (χ1) is 5.84. The van der Waals surface area contributed by atoms with Crippen LogP contribution in [0.2, 0.25) is 0 Å². The van der Waals surface area contributed by atoms with Gasteiger partial charge in [-0.25, -0.2) is 0 Å². The largest absolute Gasteiger partial charge is 0.374 e. The minimum Gasteiger partial charge on any atom is -0.374 e. The second kappa shape index (κ2) is 4.56. The van der Waals surface area contributed by atoms with Crippen LogP contribution in [0.5, 0.6) is 0 Å². The van der Waals surface area contributed by atoms with Gasteiger partial charge in [-0.2, -0.15) is 10.2 Å². The van der Waals surface area contributed by atoms with Crippen LogP contribution in [0.15, 0.2) is 18.5 Å². The molecule has 0 unspecified atom stereocenters. The Morgan fingerprint density at radius 3 is 3.00 bits per heavy atom. The molecule has 0 saturated heterocycles. The maximum atomic E-state index is 11.2. The summed E-state index contributed by atoms with van der Waals surface area (Å²) in [5.41, 5.74) is 0.540. The Balaban J connectivity index is 2.54. The van der Waals surface area contributed by atoms with Gasteiger partial charge >= 0.3 is 0 Å². The van der Waals surface area contributed by atoms with Crippen molar-refractivity contribution in [3.05, 3.63) is 24.0 Å². The highest BCUT2D eigenvalue weighted by atomic mass is 16.5. The van der Waals surface area contributed by atoms with Crippen LogP contribution < -0.4 is 0 Å². The number of rotatable bonds is 4. The van der Waals surface area contributed by atoms with E-state index in [9.17, 15) is 4.79 Å². The molecule has 0 bridgehead atoms. The van der Waals surface area contributed by atoms with Gasteiger partial charge in [0.05, 0.1) is 12.4 Å². The molecule has 0 aliphatic heterocycles. The van der Waals surface area contributed by atoms with E-state index in [2.05, 4.69) is 10.2 Å². The second-order valence-corrected chi connectivity index (χ2v) is 2.19. The van der Waals surface area contributed by atoms with Gasteiger partial charge in [0, 0.05) is 12.2 Å². The number of carbonyl (C=O) groups is 1. The predicted molar refractivity (Wildman–Crippen MR) is 42.9 cm³/mol. The number of aromatic nitrogens is 2. The number of hydrogen-bond donors (Lipinski definition) is 0. The molecule has 12 heavy (non-hydrogen) atoms. The van der Waals surface area contributed by atoms with Gasteiger partial charge in [0.25, 0.3) is 0 Å². The van der Waals surface area contributed by atoms with Crippen LogP contribution in [0.25, 0.3) is 0 Å². The lowest BCUT2D eigenvalue weighted by Gasteiger charge is -1.98. The fourth-order valence-corrected chi connectivity index (χ4v) is 0.734. The highest BCUT2D eigenvalue weighted by Crippen LogP contribution is 1.95. The quantitative estimate of drug-likeness (QED) is 0.618. The highest BCUT2D eigenvalue weighted by molar-refractivity contribution is 5.96. The first-order valence-corrected chi connectivity index (χ1v) is 3.72. The zero-order valence-electron chi connectivity index (χ0n) is 6.86. The third kappa shape index (κ3) is 2.39. The Morgan fingerprint density at radius 2 is 2.42 bits per heavy atom. The Bertz CT molecular complexity index is 248. The van der Waals surface area contributed by atoms with E-state index in [4.69, 9.17) is 4.74 Å². The molecule has 1 aromatic rings. The summed E-state index contributed by atoms with van der Waals surface area (Å²) < 4.78 is 4.95. The molecule has 0 N–H and O–H groups in total. The molecule has 4 heteroatoms. The van der Waals surface area contributed by atoms with E-state index in [0.29, 0.717) is 12.2 Å². The lowest BCUT2D eigenvalue weighted by atomic mass is 10.2. The molecule has 0 aliphatic rings. The number of carbonyl (C=O) groups excluding carboxylic acids is 1. The smallest absolute Gasteiger partial charge is 0.190 e. The fourth-order valence-electron chi connectivity index (χ4n) is 0.734. The summed E-state index contributed by atoms with van der Waals surface area (Å²) in [6.45, 7) is 2.50. The molecule has 1 heterocycles. The van der Waals surface area contributed by atoms with Crippen molar-refractivity contribution in [2.75, 3.05) is 13.2 Å². The summed E-state index contributed by atoms with van der Waals surface area (Å²) in [5, 5.41) is 7.15. The molecular formula is C8H10N2O2. The summed E-state index contributed by atoms with van der Waals surface area (Å²) in [5.74, 6) is -0.0632. The fraction of sp³-hybridized carbons (Fsp3) is 0.375. The normalized spacial score (nSPS) is 9.75. The molecule has 0 atom stereocenters. The molecule has 0 spiro atoms. The van der Waals surface area contributed by atoms with Crippen molar-refractivity contribution < 1.29 is 9.53 Å². The van der Waals surface area contributed by atoms with Crippen LogP contribution in [-0.4, -0.2) is 29.2 Å². The van der Waals surface area contributed by atoms with Crippen LogP contribution >= 0.6 is 0 Å². The molecule has 1 rings (SSSR count). The first-order valence-electron chi connectivity index (χ1n) is 3.72. The molecule has 0 radical (unpaired) electrons. The monoisotopic (exact) mass is 166 g/mol. The molecule has 1 aromatic heterocycles. The summed E-state index contributed by atoms with van der Waals surface area (Å²) in [4.78, 5) is 11.2. The maximum Gasteiger partial charge on any atom is 0.190 e. The average Bonchev–Trinajstić information content (AvgIpc) is 2.15. The molecular weight excluding hydrogens is 156 g/mol. The topological polar surface area (TPSA) is 52.1 Å². The van der Waals surface area contributed by atoms with Crippen molar-refractivity contribution >= 4 is 5.78 Å². The third-order valence-electron chi connectivity index (χ3n) is 1.34. The van der Waals surface area contributed by atoms with Crippen molar-refractivity contribution in [3.63, 3.8) is 0 Å². The maximum absolute atomic E-state index is 11.2. The number of ether oxygens (including phenoxy) is 1. The predicted octanol–water partition coefficient (Wildman–Crippen LogP) is 0.696.